The van der Waals surface area contributed by atoms with E-state index in [1.165, 1.54) is 18.4 Å². The highest BCUT2D eigenvalue weighted by atomic mass is 16.5. The average molecular weight is 413 g/mol. The van der Waals surface area contributed by atoms with Crippen molar-refractivity contribution in [2.45, 2.75) is 55.1 Å². The number of carbonyl (C=O) groups is 1. The molecular weight excluding hydrogens is 376 g/mol. The normalized spacial score (nSPS) is 33.4. The van der Waals surface area contributed by atoms with E-state index in [1.54, 1.807) is 0 Å². The Kier molecular flexibility index (Phi) is 4.88. The molecule has 0 aromatic heterocycles. The van der Waals surface area contributed by atoms with Crippen LogP contribution in [0.5, 0.6) is 0 Å². The van der Waals surface area contributed by atoms with Gasteiger partial charge in [-0.25, -0.2) is 4.79 Å². The molecule has 2 aliphatic heterocycles. The summed E-state index contributed by atoms with van der Waals surface area (Å²) in [5.74, 6) is 0.694. The van der Waals surface area contributed by atoms with Gasteiger partial charge in [-0.05, 0) is 64.1 Å². The third-order valence-corrected chi connectivity index (χ3v) is 8.16. The molecule has 30 heavy (non-hydrogen) atoms. The molecule has 5 rings (SSSR count). The molecule has 4 aliphatic rings. The van der Waals surface area contributed by atoms with Gasteiger partial charge in [-0.1, -0.05) is 30.3 Å². The number of rotatable bonds is 6. The van der Waals surface area contributed by atoms with E-state index in [-0.39, 0.29) is 22.6 Å². The fraction of sp³-hybridized carbons (Fsp3) is 0.708. The number of hydrogen-bond donors (Lipinski definition) is 1. The molecule has 1 aromatic rings. The van der Waals surface area contributed by atoms with Gasteiger partial charge >= 0.3 is 6.03 Å². The zero-order valence-electron chi connectivity index (χ0n) is 18.5. The highest BCUT2D eigenvalue weighted by molar-refractivity contribution is 5.78. The lowest BCUT2D eigenvalue weighted by Gasteiger charge is -2.51. The molecular formula is C24H36N4O2. The van der Waals surface area contributed by atoms with Gasteiger partial charge < -0.3 is 20.3 Å². The van der Waals surface area contributed by atoms with Crippen molar-refractivity contribution in [2.75, 3.05) is 46.9 Å². The summed E-state index contributed by atoms with van der Waals surface area (Å²) in [6.07, 6.45) is 6.76. The highest BCUT2D eigenvalue weighted by Gasteiger charge is 2.56. The van der Waals surface area contributed by atoms with Crippen LogP contribution < -0.4 is 5.73 Å². The van der Waals surface area contributed by atoms with Crippen LogP contribution in [0, 0.1) is 5.92 Å². The summed E-state index contributed by atoms with van der Waals surface area (Å²) in [7, 11) is 4.40. The quantitative estimate of drug-likeness (QED) is 0.780. The Morgan fingerprint density at radius 3 is 2.30 bits per heavy atom. The Labute approximate surface area is 180 Å². The smallest absolute Gasteiger partial charge is 0.320 e. The third kappa shape index (κ3) is 3.33. The number of ether oxygens (including phenoxy) is 1. The first-order valence-electron chi connectivity index (χ1n) is 11.5. The molecule has 6 nitrogen and oxygen atoms in total. The maximum absolute atomic E-state index is 13.5. The minimum atomic E-state index is -0.363. The van der Waals surface area contributed by atoms with Gasteiger partial charge in [0.05, 0.1) is 24.3 Å². The van der Waals surface area contributed by atoms with Crippen molar-refractivity contribution in [3.63, 3.8) is 0 Å². The van der Waals surface area contributed by atoms with E-state index >= 15 is 0 Å². The molecule has 164 valence electrons. The van der Waals surface area contributed by atoms with Crippen LogP contribution in [0.25, 0.3) is 0 Å². The van der Waals surface area contributed by atoms with Gasteiger partial charge in [0.2, 0.25) is 0 Å². The summed E-state index contributed by atoms with van der Waals surface area (Å²) < 4.78 is 5.34. The second-order valence-corrected chi connectivity index (χ2v) is 10.6. The largest absolute Gasteiger partial charge is 0.377 e. The summed E-state index contributed by atoms with van der Waals surface area (Å²) in [5, 5.41) is 0. The van der Waals surface area contributed by atoms with E-state index in [9.17, 15) is 4.79 Å². The van der Waals surface area contributed by atoms with Crippen LogP contribution in [-0.4, -0.2) is 78.8 Å². The summed E-state index contributed by atoms with van der Waals surface area (Å²) in [4.78, 5) is 20.2. The van der Waals surface area contributed by atoms with E-state index < -0.39 is 0 Å². The maximum atomic E-state index is 13.5. The van der Waals surface area contributed by atoms with Crippen molar-refractivity contribution in [3.8, 4) is 0 Å². The fourth-order valence-electron chi connectivity index (χ4n) is 5.97. The molecule has 2 saturated heterocycles. The van der Waals surface area contributed by atoms with Crippen molar-refractivity contribution in [2.24, 2.45) is 11.7 Å². The van der Waals surface area contributed by atoms with Crippen LogP contribution >= 0.6 is 0 Å². The van der Waals surface area contributed by atoms with Crippen molar-refractivity contribution >= 4 is 6.03 Å². The molecule has 0 atom stereocenters. The van der Waals surface area contributed by atoms with E-state index in [1.807, 2.05) is 4.90 Å². The van der Waals surface area contributed by atoms with Crippen LogP contribution in [0.15, 0.2) is 30.3 Å². The summed E-state index contributed by atoms with van der Waals surface area (Å²) in [5.41, 5.74) is 7.47. The van der Waals surface area contributed by atoms with E-state index in [0.29, 0.717) is 25.7 Å². The Bertz CT molecular complexity index is 780. The Morgan fingerprint density at radius 1 is 1.10 bits per heavy atom. The van der Waals surface area contributed by atoms with Crippen LogP contribution in [0.4, 0.5) is 4.79 Å². The van der Waals surface area contributed by atoms with Gasteiger partial charge in [0.1, 0.15) is 0 Å². The fourth-order valence-corrected chi connectivity index (χ4v) is 5.97. The molecule has 2 aliphatic carbocycles. The van der Waals surface area contributed by atoms with Gasteiger partial charge in [0, 0.05) is 25.2 Å². The van der Waals surface area contributed by atoms with Crippen LogP contribution in [0.1, 0.15) is 44.1 Å². The molecule has 2 amide bonds. The van der Waals surface area contributed by atoms with Gasteiger partial charge in [-0.2, -0.15) is 0 Å². The first kappa shape index (κ1) is 20.3. The van der Waals surface area contributed by atoms with Crippen LogP contribution in [0.3, 0.4) is 0 Å². The summed E-state index contributed by atoms with van der Waals surface area (Å²) in [6.45, 7) is 3.47. The molecule has 2 saturated carbocycles. The van der Waals surface area contributed by atoms with Gasteiger partial charge in [0.15, 0.2) is 0 Å². The van der Waals surface area contributed by atoms with Crippen molar-refractivity contribution in [3.05, 3.63) is 35.9 Å². The highest BCUT2D eigenvalue weighted by Crippen LogP contribution is 2.50. The number of nitrogens with two attached hydrogens (primary N) is 1. The standard InChI is InChI=1S/C24H36N4O2/c1-26(2)24(20-6-4-3-5-7-20)12-10-23(11-13-24)16-27(15-22(25)17-30-18-22)21(29)28(23)14-19-8-9-19/h3-7,19H,8-18,25H2,1-2H3/t23-,24+. The second-order valence-electron chi connectivity index (χ2n) is 10.6. The lowest BCUT2D eigenvalue weighted by Crippen LogP contribution is -2.64. The number of benzene rings is 1. The first-order chi connectivity index (χ1) is 14.4. The summed E-state index contributed by atoms with van der Waals surface area (Å²) in [6, 6.07) is 11.1. The molecule has 2 heterocycles. The third-order valence-electron chi connectivity index (χ3n) is 8.16. The molecule has 0 unspecified atom stereocenters. The number of urea groups is 1. The van der Waals surface area contributed by atoms with Crippen molar-refractivity contribution in [1.82, 2.24) is 14.7 Å². The number of hydrogen-bond acceptors (Lipinski definition) is 4. The maximum Gasteiger partial charge on any atom is 0.320 e. The molecule has 1 spiro atoms. The average Bonchev–Trinajstić information content (AvgIpc) is 3.51. The zero-order valence-corrected chi connectivity index (χ0v) is 18.5. The van der Waals surface area contributed by atoms with Crippen molar-refractivity contribution in [1.29, 1.82) is 0 Å². The van der Waals surface area contributed by atoms with E-state index in [0.717, 1.165) is 38.8 Å². The Morgan fingerprint density at radius 2 is 1.77 bits per heavy atom. The van der Waals surface area contributed by atoms with Crippen LogP contribution in [-0.2, 0) is 10.3 Å². The molecule has 0 bridgehead atoms. The number of amides is 2. The second kappa shape index (κ2) is 7.21. The number of nitrogens with zero attached hydrogens (tertiary/aromatic N) is 3. The van der Waals surface area contributed by atoms with E-state index in [4.69, 9.17) is 10.5 Å². The predicted molar refractivity (Wildman–Crippen MR) is 117 cm³/mol. The minimum Gasteiger partial charge on any atom is -0.377 e. The minimum absolute atomic E-state index is 0.0467. The molecule has 6 heteroatoms. The molecule has 1 aromatic carbocycles. The van der Waals surface area contributed by atoms with Gasteiger partial charge in [-0.15, -0.1) is 0 Å². The topological polar surface area (TPSA) is 62.0 Å². The molecule has 4 fully saturated rings. The molecule has 2 N–H and O–H groups in total. The zero-order chi connectivity index (χ0) is 21.0. The Hall–Kier alpha value is -1.63. The van der Waals surface area contributed by atoms with Crippen molar-refractivity contribution < 1.29 is 9.53 Å². The lowest BCUT2D eigenvalue weighted by molar-refractivity contribution is -0.0626. The summed E-state index contributed by atoms with van der Waals surface area (Å²) >= 11 is 0. The lowest BCUT2D eigenvalue weighted by atomic mass is 9.68. The first-order valence-corrected chi connectivity index (χ1v) is 11.5. The van der Waals surface area contributed by atoms with Gasteiger partial charge in [0.25, 0.3) is 0 Å². The predicted octanol–water partition coefficient (Wildman–Crippen LogP) is 2.63. The number of carbonyl (C=O) groups excluding carboxylic acids is 1. The van der Waals surface area contributed by atoms with E-state index in [2.05, 4.69) is 54.2 Å². The van der Waals surface area contributed by atoms with Crippen LogP contribution in [0.2, 0.25) is 0 Å². The van der Waals surface area contributed by atoms with Gasteiger partial charge in [-0.3, -0.25) is 4.90 Å². The SMILES string of the molecule is CN(C)[C@]1(c2ccccc2)CC[C@]2(CC1)CN(CC1(N)COC1)C(=O)N2CC1CC1. The molecule has 0 radical (unpaired) electrons. The monoisotopic (exact) mass is 412 g/mol. The Balaban J connectivity index is 1.39.